The van der Waals surface area contributed by atoms with Crippen molar-refractivity contribution in [3.63, 3.8) is 0 Å². The predicted octanol–water partition coefficient (Wildman–Crippen LogP) is 2.28. The first-order chi connectivity index (χ1) is 18.1. The SMILES string of the molecule is NC(=O)C1=C(O)[C@@]2(O)C(=O)C3=C(O)c4c(O)ccc(-c5ccc(CN6CCCC6)o5)c4C[C@H]3C[C@H]2CC1=O. The first-order valence-electron chi connectivity index (χ1n) is 12.7. The lowest BCUT2D eigenvalue weighted by molar-refractivity contribution is -0.147. The number of primary amides is 1. The van der Waals surface area contributed by atoms with Crippen LogP contribution >= 0.6 is 0 Å². The summed E-state index contributed by atoms with van der Waals surface area (Å²) in [5.41, 5.74) is 2.97. The van der Waals surface area contributed by atoms with Crippen molar-refractivity contribution in [3.8, 4) is 17.1 Å². The minimum Gasteiger partial charge on any atom is -0.508 e. The van der Waals surface area contributed by atoms with Crippen molar-refractivity contribution in [2.45, 2.75) is 44.2 Å². The highest BCUT2D eigenvalue weighted by Crippen LogP contribution is 2.53. The Morgan fingerprint density at radius 2 is 1.82 bits per heavy atom. The average Bonchev–Trinajstić information content (AvgIpc) is 3.54. The van der Waals surface area contributed by atoms with Gasteiger partial charge in [0.25, 0.3) is 5.91 Å². The number of carbonyl (C=O) groups is 3. The average molecular weight is 521 g/mol. The van der Waals surface area contributed by atoms with Crippen molar-refractivity contribution >= 4 is 23.2 Å². The van der Waals surface area contributed by atoms with Crippen LogP contribution in [-0.4, -0.2) is 61.5 Å². The van der Waals surface area contributed by atoms with Gasteiger partial charge in [-0.05, 0) is 74.5 Å². The lowest BCUT2D eigenvalue weighted by Gasteiger charge is -2.46. The van der Waals surface area contributed by atoms with Gasteiger partial charge in [0.05, 0.1) is 12.1 Å². The summed E-state index contributed by atoms with van der Waals surface area (Å²) in [5, 5.41) is 44.0. The molecule has 1 saturated carbocycles. The fourth-order valence-corrected chi connectivity index (χ4v) is 6.62. The van der Waals surface area contributed by atoms with Crippen molar-refractivity contribution in [2.24, 2.45) is 17.6 Å². The summed E-state index contributed by atoms with van der Waals surface area (Å²) in [4.78, 5) is 40.2. The van der Waals surface area contributed by atoms with Crippen LogP contribution in [0, 0.1) is 11.8 Å². The van der Waals surface area contributed by atoms with Gasteiger partial charge in [0.2, 0.25) is 5.78 Å². The summed E-state index contributed by atoms with van der Waals surface area (Å²) in [7, 11) is 0. The van der Waals surface area contributed by atoms with Crippen LogP contribution in [0.4, 0.5) is 0 Å². The number of fused-ring (bicyclic) bond motifs is 3. The molecule has 6 N–H and O–H groups in total. The van der Waals surface area contributed by atoms with Crippen LogP contribution in [0.3, 0.4) is 0 Å². The van der Waals surface area contributed by atoms with E-state index in [1.807, 2.05) is 12.1 Å². The lowest BCUT2D eigenvalue weighted by atomic mass is 9.59. The molecule has 10 heteroatoms. The molecule has 198 valence electrons. The van der Waals surface area contributed by atoms with Crippen LogP contribution in [0.15, 0.2) is 45.6 Å². The van der Waals surface area contributed by atoms with Gasteiger partial charge < -0.3 is 30.6 Å². The van der Waals surface area contributed by atoms with E-state index in [-0.39, 0.29) is 36.1 Å². The van der Waals surface area contributed by atoms with E-state index in [2.05, 4.69) is 4.90 Å². The predicted molar refractivity (Wildman–Crippen MR) is 134 cm³/mol. The van der Waals surface area contributed by atoms with E-state index in [1.165, 1.54) is 6.07 Å². The summed E-state index contributed by atoms with van der Waals surface area (Å²) >= 11 is 0. The number of furan rings is 1. The van der Waals surface area contributed by atoms with E-state index < -0.39 is 52.0 Å². The maximum absolute atomic E-state index is 13.6. The number of phenolic OH excluding ortho intramolecular Hbond substituents is 1. The van der Waals surface area contributed by atoms with Crippen LogP contribution in [0.25, 0.3) is 17.1 Å². The standard InChI is InChI=1S/C28H28N2O8/c29-27(36)23-19(32)11-14-9-13-10-17-16(20-6-3-15(38-20)12-30-7-1-2-8-30)4-5-18(31)22(17)24(33)21(13)25(34)28(14,37)26(23)35/h3-6,13-14,31,33,35,37H,1-2,7-12H2,(H2,29,36)/t13-,14+,28+/m1/s1. The second-order valence-electron chi connectivity index (χ2n) is 10.6. The van der Waals surface area contributed by atoms with Gasteiger partial charge in [-0.1, -0.05) is 0 Å². The van der Waals surface area contributed by atoms with Gasteiger partial charge in [0.1, 0.15) is 34.4 Å². The monoisotopic (exact) mass is 520 g/mol. The van der Waals surface area contributed by atoms with E-state index in [1.54, 1.807) is 6.07 Å². The number of rotatable bonds is 4. The lowest BCUT2D eigenvalue weighted by Crippen LogP contribution is -2.58. The quantitative estimate of drug-likeness (QED) is 0.379. The van der Waals surface area contributed by atoms with Crippen molar-refractivity contribution in [1.29, 1.82) is 0 Å². The van der Waals surface area contributed by atoms with Crippen LogP contribution < -0.4 is 5.73 Å². The molecule has 0 spiro atoms. The highest BCUT2D eigenvalue weighted by atomic mass is 16.4. The summed E-state index contributed by atoms with van der Waals surface area (Å²) < 4.78 is 6.14. The number of aromatic hydroxyl groups is 1. The van der Waals surface area contributed by atoms with Crippen LogP contribution in [-0.2, 0) is 27.3 Å². The molecule has 3 aliphatic carbocycles. The molecule has 1 aromatic carbocycles. The second-order valence-corrected chi connectivity index (χ2v) is 10.6. The third kappa shape index (κ3) is 3.44. The second kappa shape index (κ2) is 8.57. The van der Waals surface area contributed by atoms with Crippen molar-refractivity contribution in [2.75, 3.05) is 13.1 Å². The Balaban J connectivity index is 1.43. The molecule has 1 amide bonds. The molecule has 1 saturated heterocycles. The number of nitrogens with two attached hydrogens (primary N) is 1. The maximum Gasteiger partial charge on any atom is 0.255 e. The number of amides is 1. The normalized spacial score (nSPS) is 27.4. The first-order valence-corrected chi connectivity index (χ1v) is 12.7. The highest BCUT2D eigenvalue weighted by Gasteiger charge is 2.60. The Morgan fingerprint density at radius 3 is 2.53 bits per heavy atom. The van der Waals surface area contributed by atoms with Gasteiger partial charge in [-0.15, -0.1) is 0 Å². The number of carbonyl (C=O) groups excluding carboxylic acids is 3. The summed E-state index contributed by atoms with van der Waals surface area (Å²) in [6.45, 7) is 2.72. The molecule has 10 nitrogen and oxygen atoms in total. The molecule has 4 aliphatic rings. The van der Waals surface area contributed by atoms with Crippen molar-refractivity contribution < 1.29 is 39.2 Å². The largest absolute Gasteiger partial charge is 0.508 e. The van der Waals surface area contributed by atoms with Crippen molar-refractivity contribution in [1.82, 2.24) is 4.90 Å². The highest BCUT2D eigenvalue weighted by molar-refractivity contribution is 6.22. The van der Waals surface area contributed by atoms with E-state index >= 15 is 0 Å². The Hall–Kier alpha value is -3.89. The van der Waals surface area contributed by atoms with Gasteiger partial charge in [-0.3, -0.25) is 19.3 Å². The molecule has 2 heterocycles. The van der Waals surface area contributed by atoms with Gasteiger partial charge in [-0.2, -0.15) is 0 Å². The molecule has 1 aliphatic heterocycles. The van der Waals surface area contributed by atoms with E-state index in [4.69, 9.17) is 10.2 Å². The fourth-order valence-electron chi connectivity index (χ4n) is 6.62. The molecule has 38 heavy (non-hydrogen) atoms. The number of hydrogen-bond acceptors (Lipinski definition) is 9. The van der Waals surface area contributed by atoms with E-state index in [0.717, 1.165) is 31.7 Å². The molecule has 3 atom stereocenters. The number of hydrogen-bond donors (Lipinski definition) is 5. The maximum atomic E-state index is 13.6. The van der Waals surface area contributed by atoms with Gasteiger partial charge in [0, 0.05) is 23.5 Å². The number of phenols is 1. The van der Waals surface area contributed by atoms with Crippen LogP contribution in [0.2, 0.25) is 0 Å². The number of Topliss-reactive ketones (excluding diaryl/α,β-unsaturated/α-hetero) is 2. The summed E-state index contributed by atoms with van der Waals surface area (Å²) in [5.74, 6) is -5.11. The number of ketones is 2. The van der Waals surface area contributed by atoms with E-state index in [9.17, 15) is 34.8 Å². The Bertz CT molecular complexity index is 1460. The number of likely N-dealkylation sites (tertiary alicyclic amines) is 1. The zero-order valence-corrected chi connectivity index (χ0v) is 20.6. The number of benzene rings is 1. The molecular weight excluding hydrogens is 492 g/mol. The van der Waals surface area contributed by atoms with Crippen LogP contribution in [0.1, 0.15) is 42.6 Å². The van der Waals surface area contributed by atoms with Crippen LogP contribution in [0.5, 0.6) is 5.75 Å². The van der Waals surface area contributed by atoms with Gasteiger partial charge >= 0.3 is 0 Å². The Morgan fingerprint density at radius 1 is 1.08 bits per heavy atom. The number of aliphatic hydroxyl groups excluding tert-OH is 2. The molecule has 2 aromatic rings. The molecule has 2 fully saturated rings. The first kappa shape index (κ1) is 24.4. The van der Waals surface area contributed by atoms with Gasteiger partial charge in [-0.25, -0.2) is 0 Å². The third-order valence-corrected chi connectivity index (χ3v) is 8.45. The molecule has 0 radical (unpaired) electrons. The molecular formula is C28H28N2O8. The van der Waals surface area contributed by atoms with Gasteiger partial charge in [0.15, 0.2) is 11.4 Å². The van der Waals surface area contributed by atoms with E-state index in [0.29, 0.717) is 23.4 Å². The fraction of sp³-hybridized carbons (Fsp3) is 0.393. The molecule has 1 aromatic heterocycles. The Kier molecular flexibility index (Phi) is 5.51. The minimum absolute atomic E-state index is 0.0483. The number of nitrogens with zero attached hydrogens (tertiary/aromatic N) is 1. The topological polar surface area (TPSA) is 175 Å². The summed E-state index contributed by atoms with van der Waals surface area (Å²) in [6.07, 6.45) is 2.27. The summed E-state index contributed by atoms with van der Waals surface area (Å²) in [6, 6.07) is 6.84. The number of aliphatic hydroxyl groups is 3. The molecule has 6 rings (SSSR count). The smallest absolute Gasteiger partial charge is 0.255 e. The Labute approximate surface area is 217 Å². The van der Waals surface area contributed by atoms with Crippen molar-refractivity contribution in [3.05, 3.63) is 58.1 Å². The minimum atomic E-state index is -2.58. The molecule has 0 bridgehead atoms. The zero-order chi connectivity index (χ0) is 26.9. The molecule has 0 unspecified atom stereocenters. The third-order valence-electron chi connectivity index (χ3n) is 8.45. The zero-order valence-electron chi connectivity index (χ0n) is 20.6.